The van der Waals surface area contributed by atoms with E-state index in [1.807, 2.05) is 6.92 Å². The van der Waals surface area contributed by atoms with Crippen molar-refractivity contribution in [1.82, 2.24) is 10.6 Å². The number of amides is 3. The molecular formula is C15H17N3O4S. The van der Waals surface area contributed by atoms with E-state index in [1.165, 1.54) is 6.08 Å². The van der Waals surface area contributed by atoms with Gasteiger partial charge >= 0.3 is 6.03 Å². The van der Waals surface area contributed by atoms with E-state index in [9.17, 15) is 18.0 Å². The minimum Gasteiger partial charge on any atom is -0.345 e. The fraction of sp³-hybridized carbons (Fsp3) is 0.333. The van der Waals surface area contributed by atoms with Crippen molar-refractivity contribution in [1.29, 1.82) is 0 Å². The van der Waals surface area contributed by atoms with Gasteiger partial charge in [0.15, 0.2) is 9.84 Å². The summed E-state index contributed by atoms with van der Waals surface area (Å²) >= 11 is 0. The van der Waals surface area contributed by atoms with Crippen LogP contribution in [0.25, 0.3) is 0 Å². The Kier molecular flexibility index (Phi) is 3.85. The molecule has 0 radical (unpaired) electrons. The Morgan fingerprint density at radius 3 is 2.78 bits per heavy atom. The van der Waals surface area contributed by atoms with Crippen LogP contribution in [-0.2, 0) is 9.84 Å². The van der Waals surface area contributed by atoms with Gasteiger partial charge in [0, 0.05) is 29.7 Å². The molecule has 0 spiro atoms. The van der Waals surface area contributed by atoms with Crippen LogP contribution in [0.4, 0.5) is 10.5 Å². The van der Waals surface area contributed by atoms with Gasteiger partial charge in [-0.3, -0.25) is 9.69 Å². The van der Waals surface area contributed by atoms with Crippen LogP contribution in [0.15, 0.2) is 29.7 Å². The second-order valence-electron chi connectivity index (χ2n) is 5.62. The minimum atomic E-state index is -3.21. The normalized spacial score (nSPS) is 22.2. The van der Waals surface area contributed by atoms with Crippen molar-refractivity contribution in [2.75, 3.05) is 23.7 Å². The Morgan fingerprint density at radius 1 is 1.39 bits per heavy atom. The smallest absolute Gasteiger partial charge is 0.322 e. The topological polar surface area (TPSA) is 95.6 Å². The Hall–Kier alpha value is -2.35. The molecule has 1 saturated heterocycles. The molecule has 3 rings (SSSR count). The summed E-state index contributed by atoms with van der Waals surface area (Å²) in [6, 6.07) is 4.39. The number of rotatable bonds is 3. The predicted molar refractivity (Wildman–Crippen MR) is 86.1 cm³/mol. The molecule has 0 bridgehead atoms. The molecule has 3 amide bonds. The fourth-order valence-electron chi connectivity index (χ4n) is 2.66. The second kappa shape index (κ2) is 5.69. The summed E-state index contributed by atoms with van der Waals surface area (Å²) in [5, 5.41) is 6.52. The maximum absolute atomic E-state index is 12.3. The molecule has 2 N–H and O–H groups in total. The van der Waals surface area contributed by atoms with E-state index in [1.54, 1.807) is 23.1 Å². The van der Waals surface area contributed by atoms with Crippen LogP contribution in [0, 0.1) is 6.92 Å². The Labute approximate surface area is 134 Å². The van der Waals surface area contributed by atoms with E-state index in [4.69, 9.17) is 0 Å². The van der Waals surface area contributed by atoms with E-state index in [0.29, 0.717) is 24.3 Å². The van der Waals surface area contributed by atoms with Gasteiger partial charge in [0.05, 0.1) is 11.8 Å². The summed E-state index contributed by atoms with van der Waals surface area (Å²) in [7, 11) is -3.21. The zero-order valence-electron chi connectivity index (χ0n) is 12.6. The number of hydrogen-bond acceptors (Lipinski definition) is 4. The van der Waals surface area contributed by atoms with E-state index in [-0.39, 0.29) is 17.7 Å². The summed E-state index contributed by atoms with van der Waals surface area (Å²) in [6.45, 7) is 2.99. The molecule has 1 fully saturated rings. The number of nitrogens with one attached hydrogen (secondary N) is 2. The first-order chi connectivity index (χ1) is 10.9. The number of anilines is 1. The first kappa shape index (κ1) is 15.5. The Bertz CT molecular complexity index is 801. The van der Waals surface area contributed by atoms with Crippen molar-refractivity contribution in [3.63, 3.8) is 0 Å². The van der Waals surface area contributed by atoms with Crippen LogP contribution in [0.5, 0.6) is 0 Å². The third-order valence-electron chi connectivity index (χ3n) is 3.87. The summed E-state index contributed by atoms with van der Waals surface area (Å²) < 4.78 is 22.8. The third kappa shape index (κ3) is 3.21. The molecule has 2 aliphatic heterocycles. The Morgan fingerprint density at radius 2 is 2.17 bits per heavy atom. The summed E-state index contributed by atoms with van der Waals surface area (Å²) in [6.07, 6.45) is 1.47. The first-order valence-corrected chi connectivity index (χ1v) is 8.95. The molecule has 1 aromatic carbocycles. The number of hydrogen-bond donors (Lipinski definition) is 2. The average Bonchev–Trinajstić information content (AvgIpc) is 3.05. The van der Waals surface area contributed by atoms with E-state index in [2.05, 4.69) is 10.6 Å². The lowest BCUT2D eigenvalue weighted by Crippen LogP contribution is -2.35. The summed E-state index contributed by atoms with van der Waals surface area (Å²) in [4.78, 5) is 25.7. The van der Waals surface area contributed by atoms with Crippen LogP contribution < -0.4 is 15.5 Å². The van der Waals surface area contributed by atoms with Crippen LogP contribution in [-0.4, -0.2) is 45.2 Å². The molecule has 0 aliphatic carbocycles. The average molecular weight is 335 g/mol. The van der Waals surface area contributed by atoms with Gasteiger partial charge in [-0.1, -0.05) is 6.07 Å². The predicted octanol–water partition coefficient (Wildman–Crippen LogP) is 0.565. The van der Waals surface area contributed by atoms with Crippen molar-refractivity contribution in [3.05, 3.63) is 40.8 Å². The lowest BCUT2D eigenvalue weighted by molar-refractivity contribution is 0.0947. The number of sulfone groups is 1. The third-order valence-corrected chi connectivity index (χ3v) is 5.26. The fourth-order valence-corrected chi connectivity index (χ4v) is 3.90. The molecule has 8 heteroatoms. The van der Waals surface area contributed by atoms with Gasteiger partial charge in [-0.05, 0) is 30.7 Å². The van der Waals surface area contributed by atoms with Crippen molar-refractivity contribution < 1.29 is 18.0 Å². The number of carbonyl (C=O) groups is 2. The minimum absolute atomic E-state index is 0.119. The molecular weight excluding hydrogens is 318 g/mol. The highest BCUT2D eigenvalue weighted by atomic mass is 32.2. The SMILES string of the molecule is Cc1ccc(C(=O)N[C@@H]2C=CS(=O)(=O)C2)cc1N1CCNC1=O. The van der Waals surface area contributed by atoms with E-state index >= 15 is 0 Å². The van der Waals surface area contributed by atoms with Crippen molar-refractivity contribution in [2.24, 2.45) is 0 Å². The molecule has 1 aromatic rings. The number of carbonyl (C=O) groups excluding carboxylic acids is 2. The molecule has 7 nitrogen and oxygen atoms in total. The van der Waals surface area contributed by atoms with E-state index < -0.39 is 15.9 Å². The number of benzene rings is 1. The highest BCUT2D eigenvalue weighted by Crippen LogP contribution is 2.23. The molecule has 2 heterocycles. The molecule has 1 atom stereocenters. The van der Waals surface area contributed by atoms with Gasteiger partial charge < -0.3 is 10.6 Å². The molecule has 0 aromatic heterocycles. The van der Waals surface area contributed by atoms with Crippen LogP contribution in [0.1, 0.15) is 15.9 Å². The van der Waals surface area contributed by atoms with Crippen LogP contribution in [0.3, 0.4) is 0 Å². The summed E-state index contributed by atoms with van der Waals surface area (Å²) in [5.74, 6) is -0.482. The first-order valence-electron chi connectivity index (χ1n) is 7.23. The quantitative estimate of drug-likeness (QED) is 0.844. The van der Waals surface area contributed by atoms with Crippen molar-refractivity contribution in [2.45, 2.75) is 13.0 Å². The number of urea groups is 1. The highest BCUT2D eigenvalue weighted by molar-refractivity contribution is 7.94. The zero-order valence-corrected chi connectivity index (χ0v) is 13.4. The van der Waals surface area contributed by atoms with Gasteiger partial charge in [0.2, 0.25) is 0 Å². The number of nitrogens with zero attached hydrogens (tertiary/aromatic N) is 1. The maximum atomic E-state index is 12.3. The standard InChI is InChI=1S/C15H17N3O4S/c1-10-2-3-11(8-13(10)18-6-5-16-15(18)20)14(19)17-12-4-7-23(21,22)9-12/h2-4,7-8,12H,5-6,9H2,1H3,(H,16,20)(H,17,19)/t12-/m1/s1. The van der Waals surface area contributed by atoms with Crippen LogP contribution >= 0.6 is 0 Å². The zero-order chi connectivity index (χ0) is 16.6. The molecule has 23 heavy (non-hydrogen) atoms. The van der Waals surface area contributed by atoms with Crippen molar-refractivity contribution >= 4 is 27.5 Å². The monoisotopic (exact) mass is 335 g/mol. The lowest BCUT2D eigenvalue weighted by Gasteiger charge is -2.18. The van der Waals surface area contributed by atoms with Gasteiger partial charge in [0.25, 0.3) is 5.91 Å². The summed E-state index contributed by atoms with van der Waals surface area (Å²) in [5.41, 5.74) is 1.96. The van der Waals surface area contributed by atoms with E-state index in [0.717, 1.165) is 11.0 Å². The lowest BCUT2D eigenvalue weighted by atomic mass is 10.1. The molecule has 0 unspecified atom stereocenters. The largest absolute Gasteiger partial charge is 0.345 e. The highest BCUT2D eigenvalue weighted by Gasteiger charge is 2.25. The maximum Gasteiger partial charge on any atom is 0.322 e. The van der Waals surface area contributed by atoms with Gasteiger partial charge in [-0.15, -0.1) is 0 Å². The molecule has 122 valence electrons. The Balaban J connectivity index is 1.79. The van der Waals surface area contributed by atoms with Gasteiger partial charge in [-0.25, -0.2) is 13.2 Å². The number of aryl methyl sites for hydroxylation is 1. The molecule has 0 saturated carbocycles. The van der Waals surface area contributed by atoms with Gasteiger partial charge in [-0.2, -0.15) is 0 Å². The van der Waals surface area contributed by atoms with Crippen LogP contribution in [0.2, 0.25) is 0 Å². The molecule has 2 aliphatic rings. The van der Waals surface area contributed by atoms with Gasteiger partial charge in [0.1, 0.15) is 0 Å². The van der Waals surface area contributed by atoms with Crippen molar-refractivity contribution in [3.8, 4) is 0 Å². The second-order valence-corrected chi connectivity index (χ2v) is 7.55.